The number of benzene rings is 1. The fraction of sp³-hybridized carbons (Fsp3) is 0.600. The van der Waals surface area contributed by atoms with Crippen molar-refractivity contribution in [1.82, 2.24) is 5.32 Å². The van der Waals surface area contributed by atoms with E-state index in [4.69, 9.17) is 4.74 Å². The monoisotopic (exact) mass is 233 g/mol. The normalized spacial score (nSPS) is 26.0. The third kappa shape index (κ3) is 3.55. The van der Waals surface area contributed by atoms with Gasteiger partial charge in [0.1, 0.15) is 0 Å². The fourth-order valence-electron chi connectivity index (χ4n) is 2.74. The van der Waals surface area contributed by atoms with Gasteiger partial charge < -0.3 is 10.1 Å². The zero-order valence-corrected chi connectivity index (χ0v) is 10.9. The molecule has 94 valence electrons. The van der Waals surface area contributed by atoms with Crippen molar-refractivity contribution in [3.8, 4) is 0 Å². The van der Waals surface area contributed by atoms with E-state index in [1.54, 1.807) is 7.11 Å². The molecule has 17 heavy (non-hydrogen) atoms. The second kappa shape index (κ2) is 6.18. The van der Waals surface area contributed by atoms with Gasteiger partial charge in [-0.15, -0.1) is 0 Å². The van der Waals surface area contributed by atoms with E-state index in [-0.39, 0.29) is 0 Å². The predicted molar refractivity (Wildman–Crippen MR) is 71.0 cm³/mol. The summed E-state index contributed by atoms with van der Waals surface area (Å²) >= 11 is 0. The van der Waals surface area contributed by atoms with Gasteiger partial charge in [-0.1, -0.05) is 37.3 Å². The van der Waals surface area contributed by atoms with Crippen LogP contribution in [0.4, 0.5) is 0 Å². The van der Waals surface area contributed by atoms with Crippen LogP contribution in [0.25, 0.3) is 0 Å². The number of ether oxygens (including phenoxy) is 1. The lowest BCUT2D eigenvalue weighted by Gasteiger charge is -2.23. The minimum atomic E-state index is 0.330. The zero-order valence-electron chi connectivity index (χ0n) is 10.9. The summed E-state index contributed by atoms with van der Waals surface area (Å²) in [4.78, 5) is 0. The molecule has 0 saturated heterocycles. The van der Waals surface area contributed by atoms with Gasteiger partial charge in [0, 0.05) is 13.2 Å². The molecular formula is C15H23NO. The van der Waals surface area contributed by atoms with Crippen LogP contribution in [-0.2, 0) is 4.74 Å². The molecule has 1 aromatic rings. The maximum absolute atomic E-state index is 5.33. The van der Waals surface area contributed by atoms with Gasteiger partial charge in [-0.25, -0.2) is 0 Å². The first-order valence-corrected chi connectivity index (χ1v) is 6.59. The van der Waals surface area contributed by atoms with E-state index in [2.05, 4.69) is 42.6 Å². The Morgan fingerprint density at radius 1 is 1.29 bits per heavy atom. The smallest absolute Gasteiger partial charge is 0.0657 e. The quantitative estimate of drug-likeness (QED) is 0.843. The first-order chi connectivity index (χ1) is 8.29. The molecule has 0 radical (unpaired) electrons. The van der Waals surface area contributed by atoms with E-state index < -0.39 is 0 Å². The number of hydrogen-bond donors (Lipinski definition) is 1. The molecule has 3 unspecified atom stereocenters. The van der Waals surface area contributed by atoms with Crippen LogP contribution in [0.3, 0.4) is 0 Å². The Labute approximate surface area is 104 Å². The van der Waals surface area contributed by atoms with E-state index in [0.717, 1.165) is 12.5 Å². The SMILES string of the molecule is COCC(NC1CCC(C)C1)c1ccccc1. The van der Waals surface area contributed by atoms with Gasteiger partial charge >= 0.3 is 0 Å². The molecule has 0 spiro atoms. The Morgan fingerprint density at radius 3 is 2.65 bits per heavy atom. The van der Waals surface area contributed by atoms with Crippen LogP contribution in [0.15, 0.2) is 30.3 Å². The molecule has 1 aromatic carbocycles. The van der Waals surface area contributed by atoms with E-state index in [9.17, 15) is 0 Å². The molecule has 1 aliphatic rings. The number of hydrogen-bond acceptors (Lipinski definition) is 2. The number of nitrogens with one attached hydrogen (secondary N) is 1. The van der Waals surface area contributed by atoms with E-state index in [0.29, 0.717) is 12.1 Å². The maximum Gasteiger partial charge on any atom is 0.0657 e. The van der Waals surface area contributed by atoms with Gasteiger partial charge in [-0.05, 0) is 30.7 Å². The first-order valence-electron chi connectivity index (χ1n) is 6.59. The molecule has 3 atom stereocenters. The van der Waals surface area contributed by atoms with E-state index in [1.165, 1.54) is 24.8 Å². The molecule has 1 N–H and O–H groups in total. The van der Waals surface area contributed by atoms with Crippen molar-refractivity contribution >= 4 is 0 Å². The molecule has 0 amide bonds. The molecule has 2 heteroatoms. The Balaban J connectivity index is 1.98. The standard InChI is InChI=1S/C15H23NO/c1-12-8-9-14(10-12)16-15(11-17-2)13-6-4-3-5-7-13/h3-7,12,14-16H,8-11H2,1-2H3. The highest BCUT2D eigenvalue weighted by Gasteiger charge is 2.24. The van der Waals surface area contributed by atoms with Crippen molar-refractivity contribution in [3.05, 3.63) is 35.9 Å². The lowest BCUT2D eigenvalue weighted by atomic mass is 10.1. The van der Waals surface area contributed by atoms with Crippen LogP contribution in [0, 0.1) is 5.92 Å². The highest BCUT2D eigenvalue weighted by molar-refractivity contribution is 5.19. The summed E-state index contributed by atoms with van der Waals surface area (Å²) in [7, 11) is 1.77. The largest absolute Gasteiger partial charge is 0.383 e. The summed E-state index contributed by atoms with van der Waals surface area (Å²) in [6.07, 6.45) is 3.95. The van der Waals surface area contributed by atoms with Crippen LogP contribution in [0.1, 0.15) is 37.8 Å². The Hall–Kier alpha value is -0.860. The minimum Gasteiger partial charge on any atom is -0.383 e. The Kier molecular flexibility index (Phi) is 4.57. The molecule has 2 nitrogen and oxygen atoms in total. The lowest BCUT2D eigenvalue weighted by Crippen LogP contribution is -2.33. The van der Waals surface area contributed by atoms with Gasteiger partial charge in [-0.2, -0.15) is 0 Å². The molecule has 1 aliphatic carbocycles. The minimum absolute atomic E-state index is 0.330. The Morgan fingerprint density at radius 2 is 2.06 bits per heavy atom. The van der Waals surface area contributed by atoms with Gasteiger partial charge in [0.05, 0.1) is 12.6 Å². The molecule has 1 fully saturated rings. The van der Waals surface area contributed by atoms with Crippen molar-refractivity contribution < 1.29 is 4.74 Å². The second-order valence-electron chi connectivity index (χ2n) is 5.20. The van der Waals surface area contributed by atoms with E-state index in [1.807, 2.05) is 0 Å². The van der Waals surface area contributed by atoms with E-state index >= 15 is 0 Å². The van der Waals surface area contributed by atoms with Crippen molar-refractivity contribution in [2.45, 2.75) is 38.3 Å². The van der Waals surface area contributed by atoms with Crippen molar-refractivity contribution in [3.63, 3.8) is 0 Å². The van der Waals surface area contributed by atoms with Crippen LogP contribution in [0.5, 0.6) is 0 Å². The summed E-state index contributed by atoms with van der Waals surface area (Å²) in [5.74, 6) is 0.867. The second-order valence-corrected chi connectivity index (χ2v) is 5.20. The highest BCUT2D eigenvalue weighted by Crippen LogP contribution is 2.27. The van der Waals surface area contributed by atoms with Gasteiger partial charge in [0.15, 0.2) is 0 Å². The summed E-state index contributed by atoms with van der Waals surface area (Å²) in [6, 6.07) is 11.6. The number of rotatable bonds is 5. The molecule has 0 aliphatic heterocycles. The van der Waals surface area contributed by atoms with Crippen LogP contribution in [-0.4, -0.2) is 19.8 Å². The van der Waals surface area contributed by atoms with Crippen molar-refractivity contribution in [2.24, 2.45) is 5.92 Å². The lowest BCUT2D eigenvalue weighted by molar-refractivity contribution is 0.160. The van der Waals surface area contributed by atoms with Crippen molar-refractivity contribution in [1.29, 1.82) is 0 Å². The molecule has 2 rings (SSSR count). The van der Waals surface area contributed by atoms with Crippen LogP contribution >= 0.6 is 0 Å². The number of methoxy groups -OCH3 is 1. The molecular weight excluding hydrogens is 210 g/mol. The van der Waals surface area contributed by atoms with Crippen molar-refractivity contribution in [2.75, 3.05) is 13.7 Å². The first kappa shape index (κ1) is 12.6. The maximum atomic E-state index is 5.33. The third-order valence-corrected chi connectivity index (χ3v) is 3.67. The predicted octanol–water partition coefficient (Wildman–Crippen LogP) is 3.15. The Bertz CT molecular complexity index is 325. The fourth-order valence-corrected chi connectivity index (χ4v) is 2.74. The topological polar surface area (TPSA) is 21.3 Å². The van der Waals surface area contributed by atoms with Gasteiger partial charge in [0.25, 0.3) is 0 Å². The van der Waals surface area contributed by atoms with Gasteiger partial charge in [-0.3, -0.25) is 0 Å². The highest BCUT2D eigenvalue weighted by atomic mass is 16.5. The van der Waals surface area contributed by atoms with Crippen LogP contribution in [0.2, 0.25) is 0 Å². The summed E-state index contributed by atoms with van der Waals surface area (Å²) in [5.41, 5.74) is 1.33. The molecule has 1 saturated carbocycles. The third-order valence-electron chi connectivity index (χ3n) is 3.67. The molecule has 0 bridgehead atoms. The van der Waals surface area contributed by atoms with Gasteiger partial charge in [0.2, 0.25) is 0 Å². The molecule has 0 aromatic heterocycles. The average Bonchev–Trinajstić information content (AvgIpc) is 2.75. The molecule has 0 heterocycles. The summed E-state index contributed by atoms with van der Waals surface area (Å²) in [5, 5.41) is 3.74. The zero-order chi connectivity index (χ0) is 12.1. The van der Waals surface area contributed by atoms with Crippen LogP contribution < -0.4 is 5.32 Å². The summed E-state index contributed by atoms with van der Waals surface area (Å²) < 4.78 is 5.33. The average molecular weight is 233 g/mol. The summed E-state index contributed by atoms with van der Waals surface area (Å²) in [6.45, 7) is 3.09.